The number of ether oxygens (including phenoxy) is 3. The number of rotatable bonds is 8. The topological polar surface area (TPSA) is 51.5 Å². The Bertz CT molecular complexity index is 248. The highest BCUT2D eigenvalue weighted by molar-refractivity contribution is 4.70. The molecule has 98 valence electrons. The summed E-state index contributed by atoms with van der Waals surface area (Å²) in [7, 11) is 0. The quantitative estimate of drug-likeness (QED) is 0.613. The Labute approximate surface area is 104 Å². The van der Waals surface area contributed by atoms with Gasteiger partial charge in [0.15, 0.2) is 5.79 Å². The Hall–Kier alpha value is -0.630. The van der Waals surface area contributed by atoms with Crippen LogP contribution in [0, 0.1) is 11.3 Å². The van der Waals surface area contributed by atoms with Crippen LogP contribution in [0.3, 0.4) is 0 Å². The van der Waals surface area contributed by atoms with E-state index in [0.29, 0.717) is 19.6 Å². The fourth-order valence-electron chi connectivity index (χ4n) is 1.82. The highest BCUT2D eigenvalue weighted by Crippen LogP contribution is 2.22. The molecule has 4 heteroatoms. The van der Waals surface area contributed by atoms with Crippen LogP contribution in [-0.4, -0.2) is 31.7 Å². The van der Waals surface area contributed by atoms with E-state index in [0.717, 1.165) is 32.3 Å². The van der Waals surface area contributed by atoms with Gasteiger partial charge in [-0.1, -0.05) is 12.8 Å². The highest BCUT2D eigenvalue weighted by atomic mass is 16.7. The number of nitriles is 1. The summed E-state index contributed by atoms with van der Waals surface area (Å²) < 4.78 is 16.6. The molecule has 0 radical (unpaired) electrons. The van der Waals surface area contributed by atoms with Gasteiger partial charge in [0.25, 0.3) is 0 Å². The second-order valence-corrected chi connectivity index (χ2v) is 4.85. The van der Waals surface area contributed by atoms with Crippen LogP contribution >= 0.6 is 0 Å². The highest BCUT2D eigenvalue weighted by Gasteiger charge is 2.32. The number of unbranched alkanes of at least 4 members (excludes halogenated alkanes) is 4. The second kappa shape index (κ2) is 7.65. The van der Waals surface area contributed by atoms with Gasteiger partial charge in [0.05, 0.1) is 19.3 Å². The van der Waals surface area contributed by atoms with E-state index in [9.17, 15) is 0 Å². The van der Waals surface area contributed by atoms with Gasteiger partial charge in [0.2, 0.25) is 0 Å². The fourth-order valence-corrected chi connectivity index (χ4v) is 1.82. The molecular weight excluding hydrogens is 218 g/mol. The second-order valence-electron chi connectivity index (χ2n) is 4.85. The van der Waals surface area contributed by atoms with Gasteiger partial charge in [-0.15, -0.1) is 0 Å². The minimum Gasteiger partial charge on any atom is -0.379 e. The van der Waals surface area contributed by atoms with Crippen LogP contribution in [0.15, 0.2) is 0 Å². The molecule has 0 aromatic heterocycles. The van der Waals surface area contributed by atoms with Gasteiger partial charge in [-0.2, -0.15) is 5.26 Å². The average molecular weight is 241 g/mol. The number of hydrogen-bond donors (Lipinski definition) is 0. The summed E-state index contributed by atoms with van der Waals surface area (Å²) in [5.74, 6) is -0.453. The number of hydrogen-bond acceptors (Lipinski definition) is 4. The van der Waals surface area contributed by atoms with Gasteiger partial charge in [-0.3, -0.25) is 0 Å². The zero-order valence-corrected chi connectivity index (χ0v) is 10.9. The first kappa shape index (κ1) is 14.4. The van der Waals surface area contributed by atoms with E-state index in [-0.39, 0.29) is 6.10 Å². The first-order chi connectivity index (χ1) is 8.14. The van der Waals surface area contributed by atoms with Crippen molar-refractivity contribution >= 4 is 0 Å². The number of nitrogens with zero attached hydrogens (tertiary/aromatic N) is 1. The molecule has 1 rings (SSSR count). The third-order valence-electron chi connectivity index (χ3n) is 2.70. The van der Waals surface area contributed by atoms with Crippen LogP contribution in [-0.2, 0) is 14.2 Å². The SMILES string of the molecule is CC1(C)OC[C@H](COCCCCCCC#N)O1. The van der Waals surface area contributed by atoms with Crippen LogP contribution in [0.1, 0.15) is 46.0 Å². The largest absolute Gasteiger partial charge is 0.379 e. The van der Waals surface area contributed by atoms with E-state index in [2.05, 4.69) is 6.07 Å². The van der Waals surface area contributed by atoms with Gasteiger partial charge >= 0.3 is 0 Å². The molecule has 0 aromatic rings. The molecule has 0 bridgehead atoms. The molecule has 1 aliphatic heterocycles. The standard InChI is InChI=1S/C13H23NO3/c1-13(2)16-11-12(17-13)10-15-9-7-5-3-4-6-8-14/h12H,3-7,9-11H2,1-2H3/t12-/m0/s1. The summed E-state index contributed by atoms with van der Waals surface area (Å²) in [6.45, 7) is 5.84. The van der Waals surface area contributed by atoms with Crippen molar-refractivity contribution in [2.24, 2.45) is 0 Å². The van der Waals surface area contributed by atoms with E-state index in [1.165, 1.54) is 0 Å². The van der Waals surface area contributed by atoms with Gasteiger partial charge in [-0.25, -0.2) is 0 Å². The van der Waals surface area contributed by atoms with E-state index in [1.807, 2.05) is 13.8 Å². The molecule has 0 amide bonds. The maximum Gasteiger partial charge on any atom is 0.163 e. The van der Waals surface area contributed by atoms with Crippen molar-refractivity contribution in [3.8, 4) is 6.07 Å². The lowest BCUT2D eigenvalue weighted by molar-refractivity contribution is -0.145. The minimum absolute atomic E-state index is 0.0728. The summed E-state index contributed by atoms with van der Waals surface area (Å²) in [6, 6.07) is 2.15. The predicted octanol–water partition coefficient (Wildman–Crippen LogP) is 2.63. The first-order valence-electron chi connectivity index (χ1n) is 6.40. The van der Waals surface area contributed by atoms with E-state index in [4.69, 9.17) is 19.5 Å². The zero-order chi connectivity index (χ0) is 12.6. The Morgan fingerprint density at radius 2 is 2.06 bits per heavy atom. The molecule has 0 N–H and O–H groups in total. The third-order valence-corrected chi connectivity index (χ3v) is 2.70. The van der Waals surface area contributed by atoms with Crippen LogP contribution in [0.2, 0.25) is 0 Å². The molecule has 1 fully saturated rings. The van der Waals surface area contributed by atoms with Crippen LogP contribution < -0.4 is 0 Å². The van der Waals surface area contributed by atoms with Crippen molar-refractivity contribution in [3.05, 3.63) is 0 Å². The Balaban J connectivity index is 1.87. The maximum absolute atomic E-state index is 8.37. The monoisotopic (exact) mass is 241 g/mol. The molecule has 0 saturated carbocycles. The molecule has 0 unspecified atom stereocenters. The summed E-state index contributed by atoms with van der Waals surface area (Å²) in [6.07, 6.45) is 5.06. The normalized spacial score (nSPS) is 22.5. The van der Waals surface area contributed by atoms with Crippen molar-refractivity contribution in [1.82, 2.24) is 0 Å². The zero-order valence-electron chi connectivity index (χ0n) is 10.9. The summed E-state index contributed by atoms with van der Waals surface area (Å²) in [5.41, 5.74) is 0. The summed E-state index contributed by atoms with van der Waals surface area (Å²) in [5, 5.41) is 8.37. The smallest absolute Gasteiger partial charge is 0.163 e. The lowest BCUT2D eigenvalue weighted by Gasteiger charge is -2.17. The summed E-state index contributed by atoms with van der Waals surface area (Å²) >= 11 is 0. The van der Waals surface area contributed by atoms with Crippen molar-refractivity contribution in [1.29, 1.82) is 5.26 Å². The first-order valence-corrected chi connectivity index (χ1v) is 6.40. The third kappa shape index (κ3) is 6.62. The molecule has 1 aliphatic rings. The molecule has 0 aromatic carbocycles. The average Bonchev–Trinajstić information content (AvgIpc) is 2.62. The lowest BCUT2D eigenvalue weighted by Crippen LogP contribution is -2.24. The van der Waals surface area contributed by atoms with Crippen molar-refractivity contribution in [3.63, 3.8) is 0 Å². The predicted molar refractivity (Wildman–Crippen MR) is 64.4 cm³/mol. The van der Waals surface area contributed by atoms with Crippen molar-refractivity contribution < 1.29 is 14.2 Å². The van der Waals surface area contributed by atoms with Crippen LogP contribution in [0.25, 0.3) is 0 Å². The Morgan fingerprint density at radius 1 is 1.29 bits per heavy atom. The van der Waals surface area contributed by atoms with Crippen molar-refractivity contribution in [2.45, 2.75) is 57.8 Å². The van der Waals surface area contributed by atoms with E-state index >= 15 is 0 Å². The maximum atomic E-state index is 8.37. The lowest BCUT2D eigenvalue weighted by atomic mass is 10.2. The van der Waals surface area contributed by atoms with E-state index < -0.39 is 5.79 Å². The molecule has 1 atom stereocenters. The molecular formula is C13H23NO3. The summed E-state index contributed by atoms with van der Waals surface area (Å²) in [4.78, 5) is 0. The van der Waals surface area contributed by atoms with Gasteiger partial charge < -0.3 is 14.2 Å². The molecule has 0 aliphatic carbocycles. The van der Waals surface area contributed by atoms with Crippen molar-refractivity contribution in [2.75, 3.05) is 19.8 Å². The molecule has 1 heterocycles. The minimum atomic E-state index is -0.453. The van der Waals surface area contributed by atoms with E-state index in [1.54, 1.807) is 0 Å². The van der Waals surface area contributed by atoms with Crippen LogP contribution in [0.4, 0.5) is 0 Å². The molecule has 1 saturated heterocycles. The molecule has 17 heavy (non-hydrogen) atoms. The van der Waals surface area contributed by atoms with Gasteiger partial charge in [-0.05, 0) is 26.7 Å². The van der Waals surface area contributed by atoms with Gasteiger partial charge in [0, 0.05) is 13.0 Å². The van der Waals surface area contributed by atoms with Gasteiger partial charge in [0.1, 0.15) is 6.10 Å². The molecule has 4 nitrogen and oxygen atoms in total. The van der Waals surface area contributed by atoms with Crippen LogP contribution in [0.5, 0.6) is 0 Å². The molecule has 0 spiro atoms. The Kier molecular flexibility index (Phi) is 6.49. The Morgan fingerprint density at radius 3 is 2.71 bits per heavy atom. The fraction of sp³-hybridized carbons (Fsp3) is 0.923.